The molecular weight excluding hydrogens is 442 g/mol. The summed E-state index contributed by atoms with van der Waals surface area (Å²) in [6.45, 7) is 0.162. The van der Waals surface area contributed by atoms with E-state index in [4.69, 9.17) is 4.74 Å². The highest BCUT2D eigenvalue weighted by Crippen LogP contribution is 2.21. The zero-order chi connectivity index (χ0) is 24.6. The van der Waals surface area contributed by atoms with Crippen LogP contribution in [-0.4, -0.2) is 31.4 Å². The van der Waals surface area contributed by atoms with E-state index in [0.29, 0.717) is 28.3 Å². The smallest absolute Gasteiger partial charge is 0.257 e. The second-order valence-corrected chi connectivity index (χ2v) is 7.85. The first kappa shape index (κ1) is 23.5. The highest BCUT2D eigenvalue weighted by atomic mass is 16.5. The van der Waals surface area contributed by atoms with E-state index in [1.165, 1.54) is 0 Å². The van der Waals surface area contributed by atoms with E-state index >= 15 is 0 Å². The van der Waals surface area contributed by atoms with E-state index in [1.807, 2.05) is 36.4 Å². The summed E-state index contributed by atoms with van der Waals surface area (Å²) in [6.07, 6.45) is 0.0607. The van der Waals surface area contributed by atoms with Gasteiger partial charge in [0.1, 0.15) is 5.75 Å². The second-order valence-electron chi connectivity index (χ2n) is 7.85. The van der Waals surface area contributed by atoms with Gasteiger partial charge in [-0.2, -0.15) is 0 Å². The fraction of sp³-hybridized carbons (Fsp3) is 0.107. The molecule has 7 heteroatoms. The maximum Gasteiger partial charge on any atom is 0.257 e. The molecule has 7 nitrogen and oxygen atoms in total. The normalized spacial score (nSPS) is 10.4. The second kappa shape index (κ2) is 11.0. The highest BCUT2D eigenvalue weighted by Gasteiger charge is 2.14. The van der Waals surface area contributed by atoms with Crippen molar-refractivity contribution in [3.05, 3.63) is 102 Å². The molecule has 0 unspecified atom stereocenters. The van der Waals surface area contributed by atoms with Crippen LogP contribution in [0.1, 0.15) is 27.1 Å². The van der Waals surface area contributed by atoms with E-state index in [2.05, 4.69) is 16.0 Å². The Bertz CT molecular complexity index is 1380. The molecule has 0 heterocycles. The molecule has 176 valence electrons. The number of carbonyl (C=O) groups excluding carboxylic acids is 3. The van der Waals surface area contributed by atoms with E-state index in [-0.39, 0.29) is 30.7 Å². The molecule has 4 aromatic rings. The Labute approximate surface area is 203 Å². The first-order valence-electron chi connectivity index (χ1n) is 11.1. The Kier molecular flexibility index (Phi) is 7.37. The topological polar surface area (TPSA) is 96.5 Å². The molecule has 0 saturated heterocycles. The lowest BCUT2D eigenvalue weighted by Crippen LogP contribution is -2.28. The number of benzene rings is 4. The molecule has 0 aliphatic carbocycles. The molecule has 4 aromatic carbocycles. The van der Waals surface area contributed by atoms with E-state index in [9.17, 15) is 14.4 Å². The zero-order valence-corrected chi connectivity index (χ0v) is 19.2. The fourth-order valence-corrected chi connectivity index (χ4v) is 3.62. The average Bonchev–Trinajstić information content (AvgIpc) is 2.88. The number of methoxy groups -OCH3 is 1. The molecular formula is C28H25N3O4. The van der Waals surface area contributed by atoms with Crippen LogP contribution in [-0.2, 0) is 4.79 Å². The number of anilines is 2. The van der Waals surface area contributed by atoms with Gasteiger partial charge >= 0.3 is 0 Å². The van der Waals surface area contributed by atoms with Crippen LogP contribution in [0.3, 0.4) is 0 Å². The maximum atomic E-state index is 12.8. The van der Waals surface area contributed by atoms with Crippen LogP contribution in [0.4, 0.5) is 11.4 Å². The summed E-state index contributed by atoms with van der Waals surface area (Å²) >= 11 is 0. The van der Waals surface area contributed by atoms with Crippen LogP contribution < -0.4 is 20.7 Å². The summed E-state index contributed by atoms with van der Waals surface area (Å²) in [6, 6.07) is 27.0. The summed E-state index contributed by atoms with van der Waals surface area (Å²) < 4.78 is 5.18. The van der Waals surface area contributed by atoms with Gasteiger partial charge in [0.2, 0.25) is 5.91 Å². The highest BCUT2D eigenvalue weighted by molar-refractivity contribution is 6.10. The van der Waals surface area contributed by atoms with Crippen LogP contribution in [0.5, 0.6) is 5.75 Å². The number of ether oxygens (including phenoxy) is 1. The van der Waals surface area contributed by atoms with Crippen LogP contribution in [0.15, 0.2) is 91.0 Å². The summed E-state index contributed by atoms with van der Waals surface area (Å²) in [5.74, 6) is -0.305. The third kappa shape index (κ3) is 6.03. The Hall–Kier alpha value is -4.65. The fourth-order valence-electron chi connectivity index (χ4n) is 3.62. The number of hydrogen-bond acceptors (Lipinski definition) is 4. The number of para-hydroxylation sites is 1. The van der Waals surface area contributed by atoms with Crippen molar-refractivity contribution in [1.82, 2.24) is 5.32 Å². The Morgan fingerprint density at radius 1 is 0.743 bits per heavy atom. The Morgan fingerprint density at radius 3 is 2.34 bits per heavy atom. The number of nitrogens with one attached hydrogen (secondary N) is 3. The van der Waals surface area contributed by atoms with Crippen LogP contribution in [0, 0.1) is 0 Å². The summed E-state index contributed by atoms with van der Waals surface area (Å²) in [4.78, 5) is 37.8. The van der Waals surface area contributed by atoms with E-state index in [0.717, 1.165) is 10.8 Å². The van der Waals surface area contributed by atoms with Crippen LogP contribution in [0.2, 0.25) is 0 Å². The molecule has 0 aliphatic heterocycles. The molecule has 0 bridgehead atoms. The number of rotatable bonds is 8. The molecule has 0 fully saturated rings. The van der Waals surface area contributed by atoms with Gasteiger partial charge in [-0.25, -0.2) is 0 Å². The number of fused-ring (bicyclic) bond motifs is 1. The van der Waals surface area contributed by atoms with Crippen molar-refractivity contribution in [1.29, 1.82) is 0 Å². The predicted octanol–water partition coefficient (Wildman–Crippen LogP) is 4.86. The first-order chi connectivity index (χ1) is 17.0. The standard InChI is InChI=1S/C28H25N3O4/c1-35-23-10-6-9-22(18-23)30-28(34)24-11-4-5-12-25(24)31-26(32)15-16-29-27(33)21-14-13-19-7-2-3-8-20(19)17-21/h2-14,17-18H,15-16H2,1H3,(H,29,33)(H,30,34)(H,31,32). The lowest BCUT2D eigenvalue weighted by molar-refractivity contribution is -0.116. The molecule has 35 heavy (non-hydrogen) atoms. The monoisotopic (exact) mass is 467 g/mol. The van der Waals surface area contributed by atoms with Crippen LogP contribution in [0.25, 0.3) is 10.8 Å². The third-order valence-corrected chi connectivity index (χ3v) is 5.42. The van der Waals surface area contributed by atoms with Crippen LogP contribution >= 0.6 is 0 Å². The minimum atomic E-state index is -0.362. The quantitative estimate of drug-likeness (QED) is 0.345. The molecule has 3 amide bonds. The van der Waals surface area contributed by atoms with Gasteiger partial charge in [-0.1, -0.05) is 48.5 Å². The van der Waals surface area contributed by atoms with Crippen molar-refractivity contribution in [3.63, 3.8) is 0 Å². The van der Waals surface area contributed by atoms with Gasteiger partial charge in [-0.15, -0.1) is 0 Å². The van der Waals surface area contributed by atoms with Crippen molar-refractivity contribution in [3.8, 4) is 5.75 Å². The van der Waals surface area contributed by atoms with Crippen molar-refractivity contribution in [2.24, 2.45) is 0 Å². The van der Waals surface area contributed by atoms with Gasteiger partial charge in [-0.05, 0) is 47.2 Å². The van der Waals surface area contributed by atoms with Gasteiger partial charge in [0.05, 0.1) is 18.4 Å². The molecule has 0 spiro atoms. The van der Waals surface area contributed by atoms with Crippen molar-refractivity contribution in [2.75, 3.05) is 24.3 Å². The van der Waals surface area contributed by atoms with Gasteiger partial charge in [0, 0.05) is 30.3 Å². The molecule has 0 aliphatic rings. The zero-order valence-electron chi connectivity index (χ0n) is 19.2. The predicted molar refractivity (Wildman–Crippen MR) is 137 cm³/mol. The summed E-state index contributed by atoms with van der Waals surface area (Å²) in [5.41, 5.74) is 1.82. The molecule has 4 rings (SSSR count). The minimum Gasteiger partial charge on any atom is -0.497 e. The lowest BCUT2D eigenvalue weighted by Gasteiger charge is -2.12. The molecule has 0 radical (unpaired) electrons. The minimum absolute atomic E-state index is 0.0607. The molecule has 3 N–H and O–H groups in total. The van der Waals surface area contributed by atoms with Crippen molar-refractivity contribution in [2.45, 2.75) is 6.42 Å². The number of hydrogen-bond donors (Lipinski definition) is 3. The van der Waals surface area contributed by atoms with Crippen molar-refractivity contribution < 1.29 is 19.1 Å². The molecule has 0 aromatic heterocycles. The van der Waals surface area contributed by atoms with E-state index < -0.39 is 0 Å². The number of carbonyl (C=O) groups is 3. The SMILES string of the molecule is COc1cccc(NC(=O)c2ccccc2NC(=O)CCNC(=O)c2ccc3ccccc3c2)c1. The summed E-state index contributed by atoms with van der Waals surface area (Å²) in [7, 11) is 1.55. The maximum absolute atomic E-state index is 12.8. The molecule has 0 saturated carbocycles. The third-order valence-electron chi connectivity index (χ3n) is 5.42. The van der Waals surface area contributed by atoms with Gasteiger partial charge < -0.3 is 20.7 Å². The van der Waals surface area contributed by atoms with Gasteiger partial charge in [0.25, 0.3) is 11.8 Å². The largest absolute Gasteiger partial charge is 0.497 e. The lowest BCUT2D eigenvalue weighted by atomic mass is 10.1. The Morgan fingerprint density at radius 2 is 1.51 bits per heavy atom. The average molecular weight is 468 g/mol. The Balaban J connectivity index is 1.33. The summed E-state index contributed by atoms with van der Waals surface area (Å²) in [5, 5.41) is 10.4. The van der Waals surface area contributed by atoms with Crippen molar-refractivity contribution >= 4 is 39.9 Å². The van der Waals surface area contributed by atoms with E-state index in [1.54, 1.807) is 61.7 Å². The van der Waals surface area contributed by atoms with Gasteiger partial charge in [-0.3, -0.25) is 14.4 Å². The first-order valence-corrected chi connectivity index (χ1v) is 11.1. The molecule has 0 atom stereocenters. The number of amides is 3. The van der Waals surface area contributed by atoms with Gasteiger partial charge in [0.15, 0.2) is 0 Å².